The average Bonchev–Trinajstić information content (AvgIpc) is 2.99. The van der Waals surface area contributed by atoms with Gasteiger partial charge in [-0.25, -0.2) is 16.8 Å². The topological polar surface area (TPSA) is 109 Å². The first-order valence-corrected chi connectivity index (χ1v) is 11.2. The van der Waals surface area contributed by atoms with E-state index in [4.69, 9.17) is 0 Å². The summed E-state index contributed by atoms with van der Waals surface area (Å²) in [7, 11) is -7.23. The second kappa shape index (κ2) is 5.10. The summed E-state index contributed by atoms with van der Waals surface area (Å²) < 4.78 is 49.7. The lowest BCUT2D eigenvalue weighted by Gasteiger charge is -2.28. The number of carboxylic acids is 1. The Kier molecular flexibility index (Phi) is 3.78. The summed E-state index contributed by atoms with van der Waals surface area (Å²) in [5.41, 5.74) is 0. The molecule has 3 aliphatic rings. The van der Waals surface area contributed by atoms with Gasteiger partial charge in [0.05, 0.1) is 22.1 Å². The summed E-state index contributed by atoms with van der Waals surface area (Å²) in [4.78, 5) is 11.4. The van der Waals surface area contributed by atoms with E-state index >= 15 is 0 Å². The molecule has 120 valence electrons. The third-order valence-electron chi connectivity index (χ3n) is 4.20. The van der Waals surface area contributed by atoms with Crippen molar-refractivity contribution in [2.24, 2.45) is 5.92 Å². The van der Waals surface area contributed by atoms with Crippen LogP contribution in [-0.4, -0.2) is 66.1 Å². The van der Waals surface area contributed by atoms with Crippen molar-refractivity contribution in [2.75, 3.05) is 17.3 Å². The molecule has 0 spiro atoms. The molecule has 2 aliphatic heterocycles. The molecule has 7 nitrogen and oxygen atoms in total. The molecule has 21 heavy (non-hydrogen) atoms. The van der Waals surface area contributed by atoms with Crippen LogP contribution >= 0.6 is 11.8 Å². The molecule has 0 radical (unpaired) electrons. The highest BCUT2D eigenvalue weighted by Gasteiger charge is 2.54. The standard InChI is InChI=1S/C11H17NO6S3/c13-11(14)9-5-19-10(7-1-2-7)12(9)21(17,18)8-3-4-20(15,16)6-8/h7-10H,1-6H2,(H,13,14). The lowest BCUT2D eigenvalue weighted by Crippen LogP contribution is -2.50. The van der Waals surface area contributed by atoms with Gasteiger partial charge < -0.3 is 5.11 Å². The van der Waals surface area contributed by atoms with Crippen molar-refractivity contribution in [3.8, 4) is 0 Å². The maximum atomic E-state index is 12.8. The van der Waals surface area contributed by atoms with E-state index in [1.165, 1.54) is 11.8 Å². The van der Waals surface area contributed by atoms with E-state index in [1.54, 1.807) is 0 Å². The highest BCUT2D eigenvalue weighted by atomic mass is 32.2. The Morgan fingerprint density at radius 3 is 2.38 bits per heavy atom. The highest BCUT2D eigenvalue weighted by Crippen LogP contribution is 2.47. The second-order valence-electron chi connectivity index (χ2n) is 5.82. The highest BCUT2D eigenvalue weighted by molar-refractivity contribution is 8.01. The number of thioether (sulfide) groups is 1. The van der Waals surface area contributed by atoms with Crippen molar-refractivity contribution in [2.45, 2.75) is 35.9 Å². The number of sulfone groups is 1. The summed E-state index contributed by atoms with van der Waals surface area (Å²) in [6.07, 6.45) is 1.87. The minimum Gasteiger partial charge on any atom is -0.480 e. The Morgan fingerprint density at radius 2 is 1.90 bits per heavy atom. The van der Waals surface area contributed by atoms with Gasteiger partial charge in [0.2, 0.25) is 10.0 Å². The molecule has 3 atom stereocenters. The quantitative estimate of drug-likeness (QED) is 0.740. The zero-order valence-corrected chi connectivity index (χ0v) is 13.7. The largest absolute Gasteiger partial charge is 0.480 e. The van der Waals surface area contributed by atoms with Gasteiger partial charge in [-0.2, -0.15) is 4.31 Å². The lowest BCUT2D eigenvalue weighted by molar-refractivity contribution is -0.140. The molecule has 3 unspecified atom stereocenters. The van der Waals surface area contributed by atoms with Crippen molar-refractivity contribution in [1.82, 2.24) is 4.31 Å². The third-order valence-corrected chi connectivity index (χ3v) is 10.1. The number of aliphatic carboxylic acids is 1. The molecule has 2 saturated heterocycles. The minimum atomic E-state index is -3.91. The second-order valence-corrected chi connectivity index (χ2v) is 11.3. The van der Waals surface area contributed by atoms with Crippen molar-refractivity contribution in [3.05, 3.63) is 0 Å². The molecule has 0 aromatic rings. The van der Waals surface area contributed by atoms with Crippen LogP contribution in [0.25, 0.3) is 0 Å². The lowest BCUT2D eigenvalue weighted by atomic mass is 10.3. The van der Waals surface area contributed by atoms with Crippen LogP contribution in [0.3, 0.4) is 0 Å². The van der Waals surface area contributed by atoms with Crippen LogP contribution < -0.4 is 0 Å². The van der Waals surface area contributed by atoms with E-state index in [0.717, 1.165) is 17.1 Å². The van der Waals surface area contributed by atoms with Crippen LogP contribution in [0.5, 0.6) is 0 Å². The Morgan fingerprint density at radius 1 is 1.24 bits per heavy atom. The number of hydrogen-bond acceptors (Lipinski definition) is 6. The fourth-order valence-corrected chi connectivity index (χ4v) is 9.81. The predicted molar refractivity (Wildman–Crippen MR) is 78.2 cm³/mol. The van der Waals surface area contributed by atoms with Gasteiger partial charge in [0.1, 0.15) is 6.04 Å². The van der Waals surface area contributed by atoms with Crippen LogP contribution in [-0.2, 0) is 24.7 Å². The molecule has 10 heteroatoms. The zero-order chi connectivity index (χ0) is 15.4. The Hall–Kier alpha value is -0.320. The van der Waals surface area contributed by atoms with Crippen LogP contribution in [0, 0.1) is 5.92 Å². The number of nitrogens with zero attached hydrogens (tertiary/aromatic N) is 1. The fraction of sp³-hybridized carbons (Fsp3) is 0.909. The monoisotopic (exact) mass is 355 g/mol. The average molecular weight is 355 g/mol. The Labute approximate surface area is 128 Å². The molecule has 0 aromatic heterocycles. The normalized spacial score (nSPS) is 36.9. The van der Waals surface area contributed by atoms with Gasteiger partial charge in [0.15, 0.2) is 9.84 Å². The number of carboxylic acid groups (broad SMARTS) is 1. The van der Waals surface area contributed by atoms with Gasteiger partial charge in [0, 0.05) is 5.75 Å². The van der Waals surface area contributed by atoms with Crippen LogP contribution in [0.4, 0.5) is 0 Å². The molecule has 0 bridgehead atoms. The van der Waals surface area contributed by atoms with E-state index in [1.807, 2.05) is 0 Å². The molecule has 1 saturated carbocycles. The van der Waals surface area contributed by atoms with E-state index in [-0.39, 0.29) is 35.0 Å². The first-order valence-electron chi connectivity index (χ1n) is 6.79. The number of sulfonamides is 1. The van der Waals surface area contributed by atoms with E-state index in [0.29, 0.717) is 0 Å². The molecule has 0 aromatic carbocycles. The molecule has 3 rings (SSSR count). The Bertz CT molecular complexity index is 653. The van der Waals surface area contributed by atoms with Gasteiger partial charge in [-0.15, -0.1) is 11.8 Å². The van der Waals surface area contributed by atoms with Crippen LogP contribution in [0.1, 0.15) is 19.3 Å². The number of hydrogen-bond donors (Lipinski definition) is 1. The summed E-state index contributed by atoms with van der Waals surface area (Å²) in [5, 5.41) is 7.93. The van der Waals surface area contributed by atoms with Gasteiger partial charge >= 0.3 is 5.97 Å². The smallest absolute Gasteiger partial charge is 0.322 e. The maximum absolute atomic E-state index is 12.8. The molecule has 0 amide bonds. The maximum Gasteiger partial charge on any atom is 0.322 e. The number of carbonyl (C=O) groups is 1. The summed E-state index contributed by atoms with van der Waals surface area (Å²) in [6.45, 7) is 0. The summed E-state index contributed by atoms with van der Waals surface area (Å²) >= 11 is 1.36. The predicted octanol–water partition coefficient (Wildman–Crippen LogP) is -0.259. The van der Waals surface area contributed by atoms with Gasteiger partial charge in [0.25, 0.3) is 0 Å². The van der Waals surface area contributed by atoms with Gasteiger partial charge in [-0.1, -0.05) is 0 Å². The molecule has 1 aliphatic carbocycles. The van der Waals surface area contributed by atoms with Crippen LogP contribution in [0.15, 0.2) is 0 Å². The van der Waals surface area contributed by atoms with Crippen LogP contribution in [0.2, 0.25) is 0 Å². The molecule has 1 N–H and O–H groups in total. The summed E-state index contributed by atoms with van der Waals surface area (Å²) in [6, 6.07) is -1.08. The summed E-state index contributed by atoms with van der Waals surface area (Å²) in [5.74, 6) is -1.25. The third kappa shape index (κ3) is 2.82. The number of rotatable bonds is 4. The van der Waals surface area contributed by atoms with E-state index < -0.39 is 37.1 Å². The van der Waals surface area contributed by atoms with Crippen molar-refractivity contribution in [1.29, 1.82) is 0 Å². The molecule has 2 heterocycles. The van der Waals surface area contributed by atoms with Crippen molar-refractivity contribution >= 4 is 37.6 Å². The molecular formula is C11H17NO6S3. The SMILES string of the molecule is O=C(O)C1CSC(C2CC2)N1S(=O)(=O)C1CCS(=O)(=O)C1. The van der Waals surface area contributed by atoms with Crippen molar-refractivity contribution < 1.29 is 26.7 Å². The first kappa shape index (κ1) is 15.6. The molecular weight excluding hydrogens is 338 g/mol. The zero-order valence-electron chi connectivity index (χ0n) is 11.2. The minimum absolute atomic E-state index is 0.0650. The molecule has 3 fully saturated rings. The van der Waals surface area contributed by atoms with E-state index in [2.05, 4.69) is 0 Å². The van der Waals surface area contributed by atoms with Gasteiger partial charge in [-0.05, 0) is 25.2 Å². The van der Waals surface area contributed by atoms with Crippen molar-refractivity contribution in [3.63, 3.8) is 0 Å². The first-order chi connectivity index (χ1) is 9.72. The fourth-order valence-electron chi connectivity index (χ4n) is 2.91. The Balaban J connectivity index is 1.92. The van der Waals surface area contributed by atoms with Gasteiger partial charge in [-0.3, -0.25) is 4.79 Å². The van der Waals surface area contributed by atoms with E-state index in [9.17, 15) is 26.7 Å².